The van der Waals surface area contributed by atoms with Gasteiger partial charge in [0.05, 0.1) is 5.56 Å². The highest BCUT2D eigenvalue weighted by Crippen LogP contribution is 2.59. The standard InChI is InChI=1S/C17H20O2/c18-17(11-5-2-1-3-6-11)19-16-10-12-9-15(16)14-8-4-7-13(12)14/h1-3,5-6,12-16H,4,7-10H2/t12-,13-,14+,15-,16+/m1/s1. The van der Waals surface area contributed by atoms with Gasteiger partial charge in [0.15, 0.2) is 0 Å². The third-order valence-corrected chi connectivity index (χ3v) is 5.64. The minimum atomic E-state index is -0.132. The van der Waals surface area contributed by atoms with Crippen molar-refractivity contribution in [2.45, 2.75) is 38.2 Å². The van der Waals surface area contributed by atoms with E-state index in [1.807, 2.05) is 30.3 Å². The molecule has 0 aliphatic heterocycles. The fourth-order valence-corrected chi connectivity index (χ4v) is 4.92. The van der Waals surface area contributed by atoms with Gasteiger partial charge in [0.2, 0.25) is 0 Å². The molecule has 0 N–H and O–H groups in total. The minimum absolute atomic E-state index is 0.132. The topological polar surface area (TPSA) is 26.3 Å². The molecule has 5 atom stereocenters. The van der Waals surface area contributed by atoms with Gasteiger partial charge in [0.25, 0.3) is 0 Å². The summed E-state index contributed by atoms with van der Waals surface area (Å²) in [7, 11) is 0. The monoisotopic (exact) mass is 256 g/mol. The molecule has 0 radical (unpaired) electrons. The Hall–Kier alpha value is -1.31. The summed E-state index contributed by atoms with van der Waals surface area (Å²) in [4.78, 5) is 12.1. The molecule has 2 bridgehead atoms. The zero-order valence-corrected chi connectivity index (χ0v) is 11.1. The Bertz CT molecular complexity index is 481. The summed E-state index contributed by atoms with van der Waals surface area (Å²) in [5.74, 6) is 3.17. The molecule has 4 rings (SSSR count). The van der Waals surface area contributed by atoms with Crippen molar-refractivity contribution in [3.63, 3.8) is 0 Å². The summed E-state index contributed by atoms with van der Waals surface area (Å²) in [6, 6.07) is 9.40. The highest BCUT2D eigenvalue weighted by atomic mass is 16.5. The van der Waals surface area contributed by atoms with Crippen molar-refractivity contribution in [2.75, 3.05) is 0 Å². The third kappa shape index (κ3) is 1.80. The second-order valence-corrected chi connectivity index (χ2v) is 6.46. The number of carbonyl (C=O) groups excluding carboxylic acids is 1. The second-order valence-electron chi connectivity index (χ2n) is 6.46. The van der Waals surface area contributed by atoms with Crippen molar-refractivity contribution in [3.8, 4) is 0 Å². The summed E-state index contributed by atoms with van der Waals surface area (Å²) >= 11 is 0. The van der Waals surface area contributed by atoms with Gasteiger partial charge in [-0.2, -0.15) is 0 Å². The Labute approximate surface area is 114 Å². The van der Waals surface area contributed by atoms with E-state index >= 15 is 0 Å². The molecule has 0 unspecified atom stereocenters. The lowest BCUT2D eigenvalue weighted by Gasteiger charge is -2.31. The molecule has 3 aliphatic rings. The van der Waals surface area contributed by atoms with Gasteiger partial charge in [-0.15, -0.1) is 0 Å². The van der Waals surface area contributed by atoms with Gasteiger partial charge >= 0.3 is 5.97 Å². The largest absolute Gasteiger partial charge is 0.458 e. The van der Waals surface area contributed by atoms with Gasteiger partial charge < -0.3 is 4.74 Å². The molecule has 3 fully saturated rings. The molecule has 0 heterocycles. The number of benzene rings is 1. The van der Waals surface area contributed by atoms with Crippen molar-refractivity contribution in [1.29, 1.82) is 0 Å². The van der Waals surface area contributed by atoms with E-state index in [-0.39, 0.29) is 12.1 Å². The molecule has 0 aromatic heterocycles. The number of esters is 1. The van der Waals surface area contributed by atoms with E-state index in [0.717, 1.165) is 24.2 Å². The normalized spacial score (nSPS) is 39.3. The molecule has 3 aliphatic carbocycles. The molecule has 100 valence electrons. The maximum atomic E-state index is 12.1. The van der Waals surface area contributed by atoms with E-state index in [1.54, 1.807) is 0 Å². The average Bonchev–Trinajstić information content (AvgIpc) is 3.11. The lowest BCUT2D eigenvalue weighted by atomic mass is 9.80. The summed E-state index contributed by atoms with van der Waals surface area (Å²) in [5.41, 5.74) is 0.688. The zero-order chi connectivity index (χ0) is 12.8. The van der Waals surface area contributed by atoms with Crippen LogP contribution in [0.1, 0.15) is 42.5 Å². The van der Waals surface area contributed by atoms with Gasteiger partial charge in [-0.1, -0.05) is 24.6 Å². The van der Waals surface area contributed by atoms with Gasteiger partial charge in [-0.05, 0) is 61.5 Å². The maximum absolute atomic E-state index is 12.1. The van der Waals surface area contributed by atoms with Crippen molar-refractivity contribution < 1.29 is 9.53 Å². The fraction of sp³-hybridized carbons (Fsp3) is 0.588. The van der Waals surface area contributed by atoms with Crippen LogP contribution in [0.25, 0.3) is 0 Å². The van der Waals surface area contributed by atoms with Gasteiger partial charge in [-0.3, -0.25) is 0 Å². The first-order valence-electron chi connectivity index (χ1n) is 7.59. The predicted octanol–water partition coefficient (Wildman–Crippen LogP) is 3.67. The molecule has 3 saturated carbocycles. The lowest BCUT2D eigenvalue weighted by Crippen LogP contribution is -2.32. The second kappa shape index (κ2) is 4.36. The Balaban J connectivity index is 1.46. The number of hydrogen-bond donors (Lipinski definition) is 0. The zero-order valence-electron chi connectivity index (χ0n) is 11.1. The minimum Gasteiger partial charge on any atom is -0.458 e. The van der Waals surface area contributed by atoms with Gasteiger partial charge in [0, 0.05) is 0 Å². The van der Waals surface area contributed by atoms with Crippen LogP contribution in [0.5, 0.6) is 0 Å². The first kappa shape index (κ1) is 11.5. The molecular weight excluding hydrogens is 236 g/mol. The molecule has 0 saturated heterocycles. The smallest absolute Gasteiger partial charge is 0.338 e. The van der Waals surface area contributed by atoms with Crippen molar-refractivity contribution in [2.24, 2.45) is 23.7 Å². The molecular formula is C17H20O2. The molecule has 1 aromatic carbocycles. The highest BCUT2D eigenvalue weighted by molar-refractivity contribution is 5.89. The van der Waals surface area contributed by atoms with Crippen LogP contribution >= 0.6 is 0 Å². The van der Waals surface area contributed by atoms with Crippen LogP contribution in [-0.2, 0) is 4.74 Å². The quantitative estimate of drug-likeness (QED) is 0.755. The van der Waals surface area contributed by atoms with Gasteiger partial charge in [0.1, 0.15) is 6.10 Å². The van der Waals surface area contributed by atoms with Crippen molar-refractivity contribution >= 4 is 5.97 Å². The van der Waals surface area contributed by atoms with Crippen LogP contribution in [0.3, 0.4) is 0 Å². The highest BCUT2D eigenvalue weighted by Gasteiger charge is 2.55. The Morgan fingerprint density at radius 2 is 1.79 bits per heavy atom. The first-order chi connectivity index (χ1) is 9.33. The Morgan fingerprint density at radius 1 is 1.00 bits per heavy atom. The predicted molar refractivity (Wildman–Crippen MR) is 72.7 cm³/mol. The van der Waals surface area contributed by atoms with Gasteiger partial charge in [-0.25, -0.2) is 4.79 Å². The van der Waals surface area contributed by atoms with E-state index < -0.39 is 0 Å². The van der Waals surface area contributed by atoms with Crippen LogP contribution in [-0.4, -0.2) is 12.1 Å². The lowest BCUT2D eigenvalue weighted by molar-refractivity contribution is 0.00143. The molecule has 2 nitrogen and oxygen atoms in total. The van der Waals surface area contributed by atoms with Crippen LogP contribution < -0.4 is 0 Å². The van der Waals surface area contributed by atoms with Crippen LogP contribution in [0.15, 0.2) is 30.3 Å². The third-order valence-electron chi connectivity index (χ3n) is 5.64. The molecule has 2 heteroatoms. The first-order valence-corrected chi connectivity index (χ1v) is 7.59. The van der Waals surface area contributed by atoms with E-state index in [2.05, 4.69) is 0 Å². The molecule has 0 spiro atoms. The van der Waals surface area contributed by atoms with E-state index in [1.165, 1.54) is 25.7 Å². The van der Waals surface area contributed by atoms with Crippen LogP contribution in [0, 0.1) is 23.7 Å². The molecule has 0 amide bonds. The Morgan fingerprint density at radius 3 is 2.63 bits per heavy atom. The van der Waals surface area contributed by atoms with Crippen LogP contribution in [0.2, 0.25) is 0 Å². The van der Waals surface area contributed by atoms with E-state index in [9.17, 15) is 4.79 Å². The average molecular weight is 256 g/mol. The number of rotatable bonds is 2. The summed E-state index contributed by atoms with van der Waals surface area (Å²) < 4.78 is 5.80. The number of ether oxygens (including phenoxy) is 1. The maximum Gasteiger partial charge on any atom is 0.338 e. The summed E-state index contributed by atoms with van der Waals surface area (Å²) in [6.45, 7) is 0. The van der Waals surface area contributed by atoms with Crippen molar-refractivity contribution in [3.05, 3.63) is 35.9 Å². The van der Waals surface area contributed by atoms with Crippen LogP contribution in [0.4, 0.5) is 0 Å². The number of hydrogen-bond acceptors (Lipinski definition) is 2. The molecule has 19 heavy (non-hydrogen) atoms. The fourth-order valence-electron chi connectivity index (χ4n) is 4.92. The number of carbonyl (C=O) groups is 1. The van der Waals surface area contributed by atoms with E-state index in [4.69, 9.17) is 4.74 Å². The Kier molecular flexibility index (Phi) is 2.64. The van der Waals surface area contributed by atoms with Crippen molar-refractivity contribution in [1.82, 2.24) is 0 Å². The summed E-state index contributed by atoms with van der Waals surface area (Å²) in [6.07, 6.45) is 6.79. The molecule has 1 aromatic rings. The van der Waals surface area contributed by atoms with E-state index in [0.29, 0.717) is 11.5 Å². The number of fused-ring (bicyclic) bond motifs is 5. The summed E-state index contributed by atoms with van der Waals surface area (Å²) in [5, 5.41) is 0. The SMILES string of the molecule is O=C(O[C@H]1C[C@H]2C[C@@H]1[C@H]1CCC[C@H]21)c1ccccc1.